The lowest BCUT2D eigenvalue weighted by Gasteiger charge is -2.27. The molecule has 1 aliphatic rings. The van der Waals surface area contributed by atoms with Crippen molar-refractivity contribution in [1.82, 2.24) is 9.88 Å². The van der Waals surface area contributed by atoms with Crippen molar-refractivity contribution in [2.45, 2.75) is 38.8 Å². The molecule has 1 saturated heterocycles. The summed E-state index contributed by atoms with van der Waals surface area (Å²) in [4.78, 5) is 18.2. The molecule has 1 fully saturated rings. The Hall–Kier alpha value is -1.42. The maximum absolute atomic E-state index is 12.3. The molecule has 2 heterocycles. The lowest BCUT2D eigenvalue weighted by molar-refractivity contribution is 0.0611. The predicted octanol–water partition coefficient (Wildman–Crippen LogP) is 1.38. The fourth-order valence-corrected chi connectivity index (χ4v) is 2.36. The van der Waals surface area contributed by atoms with Gasteiger partial charge in [-0.25, -0.2) is 0 Å². The SMILES string of the molecule is Cc1ccc(C(=O)N2C(C)CCC2CO)cn1. The van der Waals surface area contributed by atoms with E-state index in [2.05, 4.69) is 4.98 Å². The van der Waals surface area contributed by atoms with Crippen LogP contribution >= 0.6 is 0 Å². The van der Waals surface area contributed by atoms with Gasteiger partial charge in [-0.3, -0.25) is 9.78 Å². The van der Waals surface area contributed by atoms with Crippen LogP contribution in [0.15, 0.2) is 18.3 Å². The number of hydrogen-bond donors (Lipinski definition) is 1. The molecule has 4 heteroatoms. The smallest absolute Gasteiger partial charge is 0.255 e. The van der Waals surface area contributed by atoms with Gasteiger partial charge in [0.2, 0.25) is 0 Å². The third kappa shape index (κ3) is 2.31. The highest BCUT2D eigenvalue weighted by molar-refractivity contribution is 5.94. The molecule has 2 rings (SSSR count). The largest absolute Gasteiger partial charge is 0.394 e. The molecule has 4 nitrogen and oxygen atoms in total. The Balaban J connectivity index is 2.21. The van der Waals surface area contributed by atoms with Crippen molar-refractivity contribution < 1.29 is 9.90 Å². The summed E-state index contributed by atoms with van der Waals surface area (Å²) >= 11 is 0. The molecule has 1 aliphatic heterocycles. The highest BCUT2D eigenvalue weighted by Gasteiger charge is 2.34. The Morgan fingerprint density at radius 3 is 2.88 bits per heavy atom. The van der Waals surface area contributed by atoms with Gasteiger partial charge in [0.15, 0.2) is 0 Å². The van der Waals surface area contributed by atoms with Crippen molar-refractivity contribution in [2.75, 3.05) is 6.61 Å². The van der Waals surface area contributed by atoms with E-state index < -0.39 is 0 Å². The van der Waals surface area contributed by atoms with Crippen LogP contribution in [0.25, 0.3) is 0 Å². The Bertz CT molecular complexity index is 402. The Morgan fingerprint density at radius 2 is 2.29 bits per heavy atom. The molecule has 1 N–H and O–H groups in total. The monoisotopic (exact) mass is 234 g/mol. The van der Waals surface area contributed by atoms with Crippen LogP contribution in [0.1, 0.15) is 35.8 Å². The van der Waals surface area contributed by atoms with Crippen molar-refractivity contribution in [1.29, 1.82) is 0 Å². The van der Waals surface area contributed by atoms with E-state index in [1.165, 1.54) is 0 Å². The first-order chi connectivity index (χ1) is 8.13. The number of carbonyl (C=O) groups excluding carboxylic acids is 1. The number of aromatic nitrogens is 1. The van der Waals surface area contributed by atoms with Gasteiger partial charge in [0.1, 0.15) is 0 Å². The zero-order valence-corrected chi connectivity index (χ0v) is 10.3. The topological polar surface area (TPSA) is 53.4 Å². The summed E-state index contributed by atoms with van der Waals surface area (Å²) in [6.45, 7) is 3.95. The zero-order chi connectivity index (χ0) is 12.4. The molecule has 0 radical (unpaired) electrons. The summed E-state index contributed by atoms with van der Waals surface area (Å²) < 4.78 is 0. The third-order valence-corrected chi connectivity index (χ3v) is 3.39. The van der Waals surface area contributed by atoms with Gasteiger partial charge in [-0.05, 0) is 38.8 Å². The number of nitrogens with zero attached hydrogens (tertiary/aromatic N) is 2. The molecule has 2 atom stereocenters. The summed E-state index contributed by atoms with van der Waals surface area (Å²) in [6, 6.07) is 3.78. The fraction of sp³-hybridized carbons (Fsp3) is 0.538. The molecular weight excluding hydrogens is 216 g/mol. The van der Waals surface area contributed by atoms with Gasteiger partial charge >= 0.3 is 0 Å². The van der Waals surface area contributed by atoms with Crippen molar-refractivity contribution in [3.63, 3.8) is 0 Å². The van der Waals surface area contributed by atoms with Crippen LogP contribution in [0, 0.1) is 6.92 Å². The number of aliphatic hydroxyl groups excluding tert-OH is 1. The number of likely N-dealkylation sites (tertiary alicyclic amines) is 1. The van der Waals surface area contributed by atoms with Crippen LogP contribution in [-0.4, -0.2) is 39.6 Å². The van der Waals surface area contributed by atoms with Crippen LogP contribution in [0.4, 0.5) is 0 Å². The third-order valence-electron chi connectivity index (χ3n) is 3.39. The summed E-state index contributed by atoms with van der Waals surface area (Å²) in [5.74, 6) is -0.0263. The van der Waals surface area contributed by atoms with E-state index >= 15 is 0 Å². The molecule has 1 amide bonds. The number of carbonyl (C=O) groups is 1. The van der Waals surface area contributed by atoms with E-state index in [1.54, 1.807) is 17.2 Å². The van der Waals surface area contributed by atoms with E-state index in [0.717, 1.165) is 18.5 Å². The molecule has 17 heavy (non-hydrogen) atoms. The van der Waals surface area contributed by atoms with E-state index in [-0.39, 0.29) is 24.6 Å². The van der Waals surface area contributed by atoms with Crippen molar-refractivity contribution in [3.05, 3.63) is 29.6 Å². The first-order valence-corrected chi connectivity index (χ1v) is 5.99. The second kappa shape index (κ2) is 4.84. The molecule has 0 aromatic carbocycles. The van der Waals surface area contributed by atoms with E-state index in [9.17, 15) is 9.90 Å². The van der Waals surface area contributed by atoms with Crippen LogP contribution in [0.5, 0.6) is 0 Å². The minimum absolute atomic E-state index is 0.0263. The van der Waals surface area contributed by atoms with Gasteiger partial charge in [-0.15, -0.1) is 0 Å². The highest BCUT2D eigenvalue weighted by atomic mass is 16.3. The average Bonchev–Trinajstić information content (AvgIpc) is 2.70. The minimum atomic E-state index is -0.0428. The molecule has 92 valence electrons. The summed E-state index contributed by atoms with van der Waals surface area (Å²) in [5, 5.41) is 9.28. The van der Waals surface area contributed by atoms with Gasteiger partial charge in [0.05, 0.1) is 18.2 Å². The molecule has 2 unspecified atom stereocenters. The number of rotatable bonds is 2. The zero-order valence-electron chi connectivity index (χ0n) is 10.3. The summed E-state index contributed by atoms with van der Waals surface area (Å²) in [6.07, 6.45) is 3.44. The Morgan fingerprint density at radius 1 is 1.53 bits per heavy atom. The normalized spacial score (nSPS) is 24.1. The standard InChI is InChI=1S/C13H18N2O2/c1-9-3-5-11(7-14-9)13(17)15-10(2)4-6-12(15)8-16/h3,5,7,10,12,16H,4,6,8H2,1-2H3. The predicted molar refractivity (Wildman–Crippen MR) is 64.7 cm³/mol. The number of hydrogen-bond acceptors (Lipinski definition) is 3. The van der Waals surface area contributed by atoms with Gasteiger partial charge in [0.25, 0.3) is 5.91 Å². The maximum atomic E-state index is 12.3. The van der Waals surface area contributed by atoms with Crippen LogP contribution in [-0.2, 0) is 0 Å². The molecule has 0 saturated carbocycles. The maximum Gasteiger partial charge on any atom is 0.255 e. The van der Waals surface area contributed by atoms with Crippen molar-refractivity contribution in [3.8, 4) is 0 Å². The molecule has 0 aliphatic carbocycles. The molecular formula is C13H18N2O2. The summed E-state index contributed by atoms with van der Waals surface area (Å²) in [7, 11) is 0. The van der Waals surface area contributed by atoms with Crippen LogP contribution in [0.2, 0.25) is 0 Å². The van der Waals surface area contributed by atoms with Gasteiger partial charge in [-0.2, -0.15) is 0 Å². The molecule has 1 aromatic heterocycles. The van der Waals surface area contributed by atoms with Gasteiger partial charge < -0.3 is 10.0 Å². The number of pyridine rings is 1. The molecule has 0 spiro atoms. The minimum Gasteiger partial charge on any atom is -0.394 e. The van der Waals surface area contributed by atoms with Gasteiger partial charge in [0, 0.05) is 17.9 Å². The van der Waals surface area contributed by atoms with E-state index in [0.29, 0.717) is 5.56 Å². The first-order valence-electron chi connectivity index (χ1n) is 5.99. The second-order valence-electron chi connectivity index (χ2n) is 4.66. The number of aryl methyl sites for hydroxylation is 1. The second-order valence-corrected chi connectivity index (χ2v) is 4.66. The summed E-state index contributed by atoms with van der Waals surface area (Å²) in [5.41, 5.74) is 1.50. The quantitative estimate of drug-likeness (QED) is 0.841. The van der Waals surface area contributed by atoms with Crippen molar-refractivity contribution in [2.24, 2.45) is 0 Å². The lowest BCUT2D eigenvalue weighted by atomic mass is 10.2. The molecule has 1 aromatic rings. The number of amides is 1. The van der Waals surface area contributed by atoms with Crippen LogP contribution in [0.3, 0.4) is 0 Å². The van der Waals surface area contributed by atoms with E-state index in [1.807, 2.05) is 19.9 Å². The Kier molecular flexibility index (Phi) is 3.43. The highest BCUT2D eigenvalue weighted by Crippen LogP contribution is 2.25. The van der Waals surface area contributed by atoms with E-state index in [4.69, 9.17) is 0 Å². The van der Waals surface area contributed by atoms with Gasteiger partial charge in [-0.1, -0.05) is 0 Å². The first kappa shape index (κ1) is 12.0. The number of aliphatic hydroxyl groups is 1. The molecule has 0 bridgehead atoms. The fourth-order valence-electron chi connectivity index (χ4n) is 2.36. The Labute approximate surface area is 101 Å². The average molecular weight is 234 g/mol. The lowest BCUT2D eigenvalue weighted by Crippen LogP contribution is -2.41. The van der Waals surface area contributed by atoms with Crippen LogP contribution < -0.4 is 0 Å². The van der Waals surface area contributed by atoms with Crippen molar-refractivity contribution >= 4 is 5.91 Å².